The van der Waals surface area contributed by atoms with Gasteiger partial charge < -0.3 is 5.11 Å². The molecule has 0 aliphatic rings. The monoisotopic (exact) mass is 169 g/mol. The molecule has 0 aliphatic heterocycles. The molecule has 0 spiro atoms. The van der Waals surface area contributed by atoms with E-state index in [1.807, 2.05) is 0 Å². The highest BCUT2D eigenvalue weighted by Crippen LogP contribution is 2.14. The lowest BCUT2D eigenvalue weighted by atomic mass is 10.2. The van der Waals surface area contributed by atoms with Gasteiger partial charge in [0.15, 0.2) is 0 Å². The van der Waals surface area contributed by atoms with Crippen molar-refractivity contribution in [2.75, 3.05) is 14.1 Å². The summed E-state index contributed by atoms with van der Waals surface area (Å²) < 4.78 is 12.7. The molecule has 0 heterocycles. The van der Waals surface area contributed by atoms with E-state index in [2.05, 4.69) is 0 Å². The van der Waals surface area contributed by atoms with Crippen LogP contribution in [0.5, 0.6) is 0 Å². The Morgan fingerprint density at radius 1 is 1.42 bits per heavy atom. The number of halogens is 1. The van der Waals surface area contributed by atoms with Crippen molar-refractivity contribution in [2.45, 2.75) is 6.23 Å². The van der Waals surface area contributed by atoms with E-state index >= 15 is 0 Å². The van der Waals surface area contributed by atoms with Gasteiger partial charge in [-0.05, 0) is 31.8 Å². The highest BCUT2D eigenvalue weighted by molar-refractivity contribution is 5.18. The Balaban J connectivity index is 2.88. The molecule has 1 unspecified atom stereocenters. The minimum Gasteiger partial charge on any atom is -0.374 e. The van der Waals surface area contributed by atoms with Crippen LogP contribution in [0.3, 0.4) is 0 Å². The van der Waals surface area contributed by atoms with Crippen LogP contribution in [0.4, 0.5) is 4.39 Å². The lowest BCUT2D eigenvalue weighted by Gasteiger charge is -2.18. The van der Waals surface area contributed by atoms with Crippen LogP contribution in [-0.4, -0.2) is 24.1 Å². The zero-order chi connectivity index (χ0) is 9.14. The van der Waals surface area contributed by atoms with Gasteiger partial charge in [-0.3, -0.25) is 4.90 Å². The van der Waals surface area contributed by atoms with Crippen molar-refractivity contribution in [2.24, 2.45) is 0 Å². The van der Waals surface area contributed by atoms with Crippen LogP contribution in [0.2, 0.25) is 0 Å². The van der Waals surface area contributed by atoms with E-state index in [0.29, 0.717) is 5.56 Å². The normalized spacial score (nSPS) is 13.4. The van der Waals surface area contributed by atoms with E-state index in [0.717, 1.165) is 0 Å². The van der Waals surface area contributed by atoms with Crippen molar-refractivity contribution in [3.05, 3.63) is 35.6 Å². The van der Waals surface area contributed by atoms with Gasteiger partial charge in [-0.1, -0.05) is 12.1 Å². The second kappa shape index (κ2) is 3.65. The molecule has 0 aromatic heterocycles. The summed E-state index contributed by atoms with van der Waals surface area (Å²) in [7, 11) is 3.46. The summed E-state index contributed by atoms with van der Waals surface area (Å²) in [5, 5.41) is 9.48. The predicted molar refractivity (Wildman–Crippen MR) is 45.0 cm³/mol. The van der Waals surface area contributed by atoms with Gasteiger partial charge in [0.25, 0.3) is 0 Å². The van der Waals surface area contributed by atoms with Crippen LogP contribution >= 0.6 is 0 Å². The number of aliphatic hydroxyl groups excluding tert-OH is 1. The SMILES string of the molecule is CN(C)C(O)c1cccc(F)c1. The molecule has 0 saturated carbocycles. The second-order valence-electron chi connectivity index (χ2n) is 2.89. The maximum atomic E-state index is 12.7. The molecule has 1 rings (SSSR count). The van der Waals surface area contributed by atoms with Gasteiger partial charge in [0.1, 0.15) is 12.0 Å². The largest absolute Gasteiger partial charge is 0.374 e. The van der Waals surface area contributed by atoms with Crippen molar-refractivity contribution in [3.8, 4) is 0 Å². The third kappa shape index (κ3) is 2.03. The van der Waals surface area contributed by atoms with Gasteiger partial charge >= 0.3 is 0 Å². The van der Waals surface area contributed by atoms with Crippen molar-refractivity contribution in [1.29, 1.82) is 0 Å². The smallest absolute Gasteiger partial charge is 0.133 e. The summed E-state index contributed by atoms with van der Waals surface area (Å²) in [5.74, 6) is -0.326. The summed E-state index contributed by atoms with van der Waals surface area (Å²) in [5.41, 5.74) is 0.569. The van der Waals surface area contributed by atoms with Crippen molar-refractivity contribution < 1.29 is 9.50 Å². The van der Waals surface area contributed by atoms with Crippen LogP contribution in [0, 0.1) is 5.82 Å². The number of benzene rings is 1. The Bertz CT molecular complexity index is 262. The fourth-order valence-corrected chi connectivity index (χ4v) is 0.965. The van der Waals surface area contributed by atoms with Crippen molar-refractivity contribution in [3.63, 3.8) is 0 Å². The molecule has 0 fully saturated rings. The molecular formula is C9H12FNO. The third-order valence-corrected chi connectivity index (χ3v) is 1.64. The van der Waals surface area contributed by atoms with Crippen LogP contribution in [0.1, 0.15) is 11.8 Å². The maximum Gasteiger partial charge on any atom is 0.133 e. The zero-order valence-corrected chi connectivity index (χ0v) is 7.16. The van der Waals surface area contributed by atoms with E-state index in [1.165, 1.54) is 12.1 Å². The fourth-order valence-electron chi connectivity index (χ4n) is 0.965. The summed E-state index contributed by atoms with van der Waals surface area (Å²) in [6, 6.07) is 5.95. The number of rotatable bonds is 2. The summed E-state index contributed by atoms with van der Waals surface area (Å²) in [6.07, 6.45) is -0.735. The predicted octanol–water partition coefficient (Wildman–Crippen LogP) is 1.38. The molecule has 0 aliphatic carbocycles. The lowest BCUT2D eigenvalue weighted by Crippen LogP contribution is -2.19. The summed E-state index contributed by atoms with van der Waals surface area (Å²) in [4.78, 5) is 1.61. The third-order valence-electron chi connectivity index (χ3n) is 1.64. The second-order valence-corrected chi connectivity index (χ2v) is 2.89. The van der Waals surface area contributed by atoms with E-state index < -0.39 is 6.23 Å². The average molecular weight is 169 g/mol. The summed E-state index contributed by atoms with van der Waals surface area (Å²) >= 11 is 0. The number of aliphatic hydroxyl groups is 1. The molecule has 0 radical (unpaired) electrons. The molecular weight excluding hydrogens is 157 g/mol. The van der Waals surface area contributed by atoms with E-state index in [4.69, 9.17) is 0 Å². The fraction of sp³-hybridized carbons (Fsp3) is 0.333. The Labute approximate surface area is 71.2 Å². The van der Waals surface area contributed by atoms with Crippen LogP contribution in [0.15, 0.2) is 24.3 Å². The molecule has 1 aromatic rings. The van der Waals surface area contributed by atoms with Gasteiger partial charge in [-0.15, -0.1) is 0 Å². The molecule has 1 N–H and O–H groups in total. The Hall–Kier alpha value is -0.930. The molecule has 0 amide bonds. The standard InChI is InChI=1S/C9H12FNO/c1-11(2)9(12)7-4-3-5-8(10)6-7/h3-6,9,12H,1-2H3. The molecule has 66 valence electrons. The molecule has 0 saturated heterocycles. The van der Waals surface area contributed by atoms with E-state index in [-0.39, 0.29) is 5.82 Å². The molecule has 3 heteroatoms. The minimum absolute atomic E-state index is 0.326. The number of nitrogens with zero attached hydrogens (tertiary/aromatic N) is 1. The van der Waals surface area contributed by atoms with E-state index in [1.54, 1.807) is 31.1 Å². The zero-order valence-electron chi connectivity index (χ0n) is 7.16. The maximum absolute atomic E-state index is 12.7. The lowest BCUT2D eigenvalue weighted by molar-refractivity contribution is 0.0393. The first kappa shape index (κ1) is 9.16. The highest BCUT2D eigenvalue weighted by atomic mass is 19.1. The van der Waals surface area contributed by atoms with Crippen molar-refractivity contribution in [1.82, 2.24) is 4.90 Å². The van der Waals surface area contributed by atoms with E-state index in [9.17, 15) is 9.50 Å². The van der Waals surface area contributed by atoms with Crippen LogP contribution in [0.25, 0.3) is 0 Å². The van der Waals surface area contributed by atoms with Crippen LogP contribution in [-0.2, 0) is 0 Å². The Morgan fingerprint density at radius 2 is 2.08 bits per heavy atom. The van der Waals surface area contributed by atoms with Gasteiger partial charge in [-0.2, -0.15) is 0 Å². The Morgan fingerprint density at radius 3 is 2.58 bits per heavy atom. The van der Waals surface area contributed by atoms with Gasteiger partial charge in [0.05, 0.1) is 0 Å². The molecule has 12 heavy (non-hydrogen) atoms. The first-order chi connectivity index (χ1) is 5.61. The molecule has 0 bridgehead atoms. The molecule has 2 nitrogen and oxygen atoms in total. The number of hydrogen-bond donors (Lipinski definition) is 1. The van der Waals surface area contributed by atoms with Gasteiger partial charge in [0, 0.05) is 0 Å². The first-order valence-corrected chi connectivity index (χ1v) is 3.71. The number of hydrogen-bond acceptors (Lipinski definition) is 2. The average Bonchev–Trinajstić information content (AvgIpc) is 2.03. The molecule has 1 atom stereocenters. The quantitative estimate of drug-likeness (QED) is 0.676. The van der Waals surface area contributed by atoms with Crippen molar-refractivity contribution >= 4 is 0 Å². The Kier molecular flexibility index (Phi) is 2.78. The van der Waals surface area contributed by atoms with Crippen LogP contribution < -0.4 is 0 Å². The first-order valence-electron chi connectivity index (χ1n) is 3.71. The summed E-state index contributed by atoms with van der Waals surface area (Å²) in [6.45, 7) is 0. The van der Waals surface area contributed by atoms with Gasteiger partial charge in [-0.25, -0.2) is 4.39 Å². The molecule has 1 aromatic carbocycles. The topological polar surface area (TPSA) is 23.5 Å². The minimum atomic E-state index is -0.735. The van der Waals surface area contributed by atoms with Gasteiger partial charge in [0.2, 0.25) is 0 Å². The highest BCUT2D eigenvalue weighted by Gasteiger charge is 2.09.